The summed E-state index contributed by atoms with van der Waals surface area (Å²) in [6.07, 6.45) is -0.315. The van der Waals surface area contributed by atoms with Crippen LogP contribution in [0.3, 0.4) is 0 Å². The summed E-state index contributed by atoms with van der Waals surface area (Å²) in [6, 6.07) is 6.40. The first-order chi connectivity index (χ1) is 12.5. The normalized spacial score (nSPS) is 19.1. The summed E-state index contributed by atoms with van der Waals surface area (Å²) < 4.78 is 34.7. The number of hydrogen-bond acceptors (Lipinski definition) is 6. The van der Waals surface area contributed by atoms with E-state index in [1.165, 1.54) is 12.1 Å². The lowest BCUT2D eigenvalue weighted by Crippen LogP contribution is -2.36. The number of ether oxygens (including phenoxy) is 1. The minimum atomic E-state index is -3.84. The van der Waals surface area contributed by atoms with Gasteiger partial charge in [-0.2, -0.15) is 8.42 Å². The third kappa shape index (κ3) is 6.48. The Hall–Kier alpha value is -1.64. The van der Waals surface area contributed by atoms with E-state index < -0.39 is 27.9 Å². The Kier molecular flexibility index (Phi) is 6.88. The SMILES string of the molecule is Cc1ccc(S(=O)(=O)OCCC(O)[C@H]2CCN(C(=O)OC(C)(C)C)C2)cc1. The number of benzene rings is 1. The summed E-state index contributed by atoms with van der Waals surface area (Å²) in [5.41, 5.74) is 0.395. The fraction of sp³-hybridized carbons (Fsp3) is 0.632. The van der Waals surface area contributed by atoms with Gasteiger partial charge in [0.05, 0.1) is 17.6 Å². The molecule has 1 aliphatic rings. The Labute approximate surface area is 161 Å². The number of likely N-dealkylation sites (tertiary alicyclic amines) is 1. The molecule has 0 saturated carbocycles. The van der Waals surface area contributed by atoms with E-state index in [9.17, 15) is 18.3 Å². The zero-order chi connectivity index (χ0) is 20.2. The van der Waals surface area contributed by atoms with Gasteiger partial charge in [0.2, 0.25) is 0 Å². The fourth-order valence-electron chi connectivity index (χ4n) is 2.88. The first-order valence-electron chi connectivity index (χ1n) is 9.10. The summed E-state index contributed by atoms with van der Waals surface area (Å²) >= 11 is 0. The van der Waals surface area contributed by atoms with E-state index in [0.717, 1.165) is 5.56 Å². The zero-order valence-corrected chi connectivity index (χ0v) is 17.2. The molecule has 2 atom stereocenters. The van der Waals surface area contributed by atoms with Gasteiger partial charge in [0.25, 0.3) is 10.1 Å². The molecule has 2 rings (SSSR count). The molecule has 0 aliphatic carbocycles. The molecule has 1 heterocycles. The van der Waals surface area contributed by atoms with Crippen molar-refractivity contribution in [2.75, 3.05) is 19.7 Å². The molecule has 1 aliphatic heterocycles. The maximum atomic E-state index is 12.1. The molecule has 1 N–H and O–H groups in total. The molecule has 1 aromatic carbocycles. The van der Waals surface area contributed by atoms with E-state index in [0.29, 0.717) is 19.5 Å². The largest absolute Gasteiger partial charge is 0.444 e. The molecule has 1 amide bonds. The second-order valence-electron chi connectivity index (χ2n) is 7.92. The van der Waals surface area contributed by atoms with Crippen molar-refractivity contribution in [2.45, 2.75) is 57.1 Å². The molecule has 1 aromatic rings. The van der Waals surface area contributed by atoms with Gasteiger partial charge in [0, 0.05) is 19.0 Å². The van der Waals surface area contributed by atoms with E-state index in [4.69, 9.17) is 8.92 Å². The van der Waals surface area contributed by atoms with Crippen LogP contribution in [0.1, 0.15) is 39.2 Å². The van der Waals surface area contributed by atoms with Crippen molar-refractivity contribution >= 4 is 16.2 Å². The van der Waals surface area contributed by atoms with Gasteiger partial charge in [-0.3, -0.25) is 4.18 Å². The zero-order valence-electron chi connectivity index (χ0n) is 16.3. The summed E-state index contributed by atoms with van der Waals surface area (Å²) in [5.74, 6) is -0.122. The Bertz CT molecular complexity index is 738. The Morgan fingerprint density at radius 2 is 1.93 bits per heavy atom. The maximum absolute atomic E-state index is 12.1. The molecule has 1 unspecified atom stereocenters. The van der Waals surface area contributed by atoms with Crippen molar-refractivity contribution < 1.29 is 27.2 Å². The molecule has 0 spiro atoms. The summed E-state index contributed by atoms with van der Waals surface area (Å²) in [7, 11) is -3.84. The number of hydrogen-bond donors (Lipinski definition) is 1. The highest BCUT2D eigenvalue weighted by atomic mass is 32.2. The van der Waals surface area contributed by atoms with Gasteiger partial charge in [0.1, 0.15) is 5.60 Å². The molecule has 27 heavy (non-hydrogen) atoms. The third-order valence-corrected chi connectivity index (χ3v) is 5.71. The van der Waals surface area contributed by atoms with Crippen LogP contribution in [0, 0.1) is 12.8 Å². The Morgan fingerprint density at radius 3 is 2.52 bits per heavy atom. The average molecular weight is 400 g/mol. The smallest absolute Gasteiger partial charge is 0.410 e. The highest BCUT2D eigenvalue weighted by molar-refractivity contribution is 7.86. The molecule has 0 aromatic heterocycles. The van der Waals surface area contributed by atoms with Crippen LogP contribution in [0.5, 0.6) is 0 Å². The molecule has 1 fully saturated rings. The van der Waals surface area contributed by atoms with Gasteiger partial charge in [-0.05, 0) is 52.7 Å². The molecule has 7 nitrogen and oxygen atoms in total. The van der Waals surface area contributed by atoms with Gasteiger partial charge in [-0.15, -0.1) is 0 Å². The van der Waals surface area contributed by atoms with E-state index in [1.807, 2.05) is 6.92 Å². The molecule has 0 bridgehead atoms. The van der Waals surface area contributed by atoms with E-state index in [2.05, 4.69) is 0 Å². The lowest BCUT2D eigenvalue weighted by Gasteiger charge is -2.25. The van der Waals surface area contributed by atoms with Crippen LogP contribution in [0.15, 0.2) is 29.2 Å². The monoisotopic (exact) mass is 399 g/mol. The number of carbonyl (C=O) groups is 1. The summed E-state index contributed by atoms with van der Waals surface area (Å²) in [4.78, 5) is 13.7. The van der Waals surface area contributed by atoms with Crippen LogP contribution in [0.2, 0.25) is 0 Å². The minimum Gasteiger partial charge on any atom is -0.444 e. The van der Waals surface area contributed by atoms with Crippen LogP contribution < -0.4 is 0 Å². The molecular weight excluding hydrogens is 370 g/mol. The maximum Gasteiger partial charge on any atom is 0.410 e. The Balaban J connectivity index is 1.80. The van der Waals surface area contributed by atoms with Gasteiger partial charge in [-0.1, -0.05) is 17.7 Å². The van der Waals surface area contributed by atoms with Gasteiger partial charge >= 0.3 is 6.09 Å². The number of carbonyl (C=O) groups excluding carboxylic acids is 1. The molecule has 1 saturated heterocycles. The summed E-state index contributed by atoms with van der Waals surface area (Å²) in [5, 5.41) is 10.3. The first-order valence-corrected chi connectivity index (χ1v) is 10.5. The number of aliphatic hydroxyl groups excluding tert-OH is 1. The topological polar surface area (TPSA) is 93.1 Å². The van der Waals surface area contributed by atoms with Crippen LogP contribution in [-0.4, -0.2) is 55.9 Å². The molecule has 8 heteroatoms. The standard InChI is InChI=1S/C19H29NO6S/c1-14-5-7-16(8-6-14)27(23,24)25-12-10-17(21)15-9-11-20(13-15)18(22)26-19(2,3)4/h5-8,15,17,21H,9-13H2,1-4H3/t15-,17?/m0/s1. The quantitative estimate of drug-likeness (QED) is 0.740. The molecular formula is C19H29NO6S. The predicted octanol–water partition coefficient (Wildman–Crippen LogP) is 2.71. The van der Waals surface area contributed by atoms with Crippen molar-refractivity contribution in [1.82, 2.24) is 4.90 Å². The second-order valence-corrected chi connectivity index (χ2v) is 9.54. The van der Waals surface area contributed by atoms with E-state index in [-0.39, 0.29) is 23.8 Å². The van der Waals surface area contributed by atoms with Gasteiger partial charge in [0.15, 0.2) is 0 Å². The van der Waals surface area contributed by atoms with E-state index in [1.54, 1.807) is 37.8 Å². The number of aryl methyl sites for hydroxylation is 1. The number of aliphatic hydroxyl groups is 1. The van der Waals surface area contributed by atoms with E-state index >= 15 is 0 Å². The van der Waals surface area contributed by atoms with Crippen molar-refractivity contribution in [3.63, 3.8) is 0 Å². The van der Waals surface area contributed by atoms with Crippen LogP contribution in [0.25, 0.3) is 0 Å². The Morgan fingerprint density at radius 1 is 1.30 bits per heavy atom. The fourth-order valence-corrected chi connectivity index (χ4v) is 3.80. The van der Waals surface area contributed by atoms with Crippen molar-refractivity contribution in [3.8, 4) is 0 Å². The summed E-state index contributed by atoms with van der Waals surface area (Å²) in [6.45, 7) is 8.08. The van der Waals surface area contributed by atoms with Crippen molar-refractivity contribution in [3.05, 3.63) is 29.8 Å². The molecule has 0 radical (unpaired) electrons. The third-order valence-electron chi connectivity index (χ3n) is 4.38. The van der Waals surface area contributed by atoms with Crippen LogP contribution in [-0.2, 0) is 19.0 Å². The minimum absolute atomic E-state index is 0.0968. The van der Waals surface area contributed by atoms with Crippen LogP contribution in [0.4, 0.5) is 4.79 Å². The number of amides is 1. The van der Waals surface area contributed by atoms with Crippen LogP contribution >= 0.6 is 0 Å². The number of nitrogens with zero attached hydrogens (tertiary/aromatic N) is 1. The lowest BCUT2D eigenvalue weighted by atomic mass is 9.99. The van der Waals surface area contributed by atoms with Crippen molar-refractivity contribution in [2.24, 2.45) is 5.92 Å². The van der Waals surface area contributed by atoms with Crippen molar-refractivity contribution in [1.29, 1.82) is 0 Å². The van der Waals surface area contributed by atoms with Gasteiger partial charge < -0.3 is 14.7 Å². The molecule has 152 valence electrons. The lowest BCUT2D eigenvalue weighted by molar-refractivity contribution is 0.0263. The second kappa shape index (κ2) is 8.58. The average Bonchev–Trinajstić information content (AvgIpc) is 3.03. The first kappa shape index (κ1) is 21.7. The number of rotatable bonds is 6. The predicted molar refractivity (Wildman–Crippen MR) is 101 cm³/mol. The van der Waals surface area contributed by atoms with Gasteiger partial charge in [-0.25, -0.2) is 4.79 Å². The highest BCUT2D eigenvalue weighted by Gasteiger charge is 2.33. The highest BCUT2D eigenvalue weighted by Crippen LogP contribution is 2.24.